The van der Waals surface area contributed by atoms with Crippen LogP contribution in [0.2, 0.25) is 0 Å². The Morgan fingerprint density at radius 1 is 1.50 bits per heavy atom. The Labute approximate surface area is 83.9 Å². The third-order valence-electron chi connectivity index (χ3n) is 2.98. The average molecular weight is 194 g/mol. The van der Waals surface area contributed by atoms with Gasteiger partial charge in [-0.2, -0.15) is 0 Å². The highest BCUT2D eigenvalue weighted by molar-refractivity contribution is 5.42. The second-order valence-corrected chi connectivity index (χ2v) is 3.96. The van der Waals surface area contributed by atoms with Crippen molar-refractivity contribution >= 4 is 0 Å². The summed E-state index contributed by atoms with van der Waals surface area (Å²) in [6.45, 7) is 4.82. The fourth-order valence-corrected chi connectivity index (χ4v) is 1.92. The Hall–Kier alpha value is -1.05. The number of rotatable bonds is 1. The van der Waals surface area contributed by atoms with Gasteiger partial charge in [0.1, 0.15) is 0 Å². The molecule has 2 heteroatoms. The lowest BCUT2D eigenvalue weighted by molar-refractivity contribution is 0.208. The Kier molecular flexibility index (Phi) is 2.44. The van der Waals surface area contributed by atoms with E-state index in [1.807, 2.05) is 13.0 Å². The second kappa shape index (κ2) is 3.60. The SMILES string of the molecule is CC[C@@H]1COc2c(F)ccc(C)c2C1. The second-order valence-electron chi connectivity index (χ2n) is 3.96. The number of hydrogen-bond donors (Lipinski definition) is 0. The molecule has 1 nitrogen and oxygen atoms in total. The summed E-state index contributed by atoms with van der Waals surface area (Å²) < 4.78 is 18.8. The topological polar surface area (TPSA) is 9.23 Å². The summed E-state index contributed by atoms with van der Waals surface area (Å²) in [6.07, 6.45) is 2.05. The molecule has 0 saturated carbocycles. The molecule has 1 aromatic rings. The maximum atomic E-state index is 13.4. The van der Waals surface area contributed by atoms with E-state index in [2.05, 4.69) is 6.92 Å². The molecule has 76 valence electrons. The van der Waals surface area contributed by atoms with Crippen LogP contribution in [0.3, 0.4) is 0 Å². The normalized spacial score (nSPS) is 20.1. The predicted molar refractivity (Wildman–Crippen MR) is 54.1 cm³/mol. The first-order valence-corrected chi connectivity index (χ1v) is 5.13. The van der Waals surface area contributed by atoms with Gasteiger partial charge in [-0.3, -0.25) is 0 Å². The standard InChI is InChI=1S/C12H15FO/c1-3-9-6-10-8(2)4-5-11(13)12(10)14-7-9/h4-5,9H,3,6-7H2,1-2H3/t9-/m0/s1. The molecule has 0 saturated heterocycles. The molecular weight excluding hydrogens is 179 g/mol. The maximum absolute atomic E-state index is 13.4. The molecule has 1 aromatic carbocycles. The average Bonchev–Trinajstić information content (AvgIpc) is 2.23. The van der Waals surface area contributed by atoms with E-state index < -0.39 is 0 Å². The highest BCUT2D eigenvalue weighted by Crippen LogP contribution is 2.33. The Morgan fingerprint density at radius 2 is 2.29 bits per heavy atom. The van der Waals surface area contributed by atoms with Crippen molar-refractivity contribution in [3.63, 3.8) is 0 Å². The smallest absolute Gasteiger partial charge is 0.165 e. The van der Waals surface area contributed by atoms with Crippen molar-refractivity contribution in [1.82, 2.24) is 0 Å². The zero-order chi connectivity index (χ0) is 10.1. The van der Waals surface area contributed by atoms with Gasteiger partial charge in [-0.1, -0.05) is 13.0 Å². The van der Waals surface area contributed by atoms with Gasteiger partial charge in [0.15, 0.2) is 11.6 Å². The van der Waals surface area contributed by atoms with Crippen molar-refractivity contribution in [1.29, 1.82) is 0 Å². The van der Waals surface area contributed by atoms with Crippen LogP contribution in [0.5, 0.6) is 5.75 Å². The lowest BCUT2D eigenvalue weighted by atomic mass is 9.92. The molecule has 0 fully saturated rings. The number of halogens is 1. The van der Waals surface area contributed by atoms with Crippen molar-refractivity contribution < 1.29 is 9.13 Å². The molecule has 0 aliphatic carbocycles. The minimum Gasteiger partial charge on any atom is -0.490 e. The minimum atomic E-state index is -0.222. The molecule has 0 unspecified atom stereocenters. The van der Waals surface area contributed by atoms with Gasteiger partial charge in [-0.15, -0.1) is 0 Å². The van der Waals surface area contributed by atoms with Gasteiger partial charge < -0.3 is 4.74 Å². The van der Waals surface area contributed by atoms with Crippen molar-refractivity contribution in [3.05, 3.63) is 29.1 Å². The van der Waals surface area contributed by atoms with Crippen LogP contribution < -0.4 is 4.74 Å². The van der Waals surface area contributed by atoms with E-state index in [0.29, 0.717) is 18.3 Å². The van der Waals surface area contributed by atoms with E-state index >= 15 is 0 Å². The largest absolute Gasteiger partial charge is 0.490 e. The lowest BCUT2D eigenvalue weighted by Gasteiger charge is -2.25. The number of benzene rings is 1. The van der Waals surface area contributed by atoms with Gasteiger partial charge in [-0.05, 0) is 37.3 Å². The highest BCUT2D eigenvalue weighted by Gasteiger charge is 2.22. The van der Waals surface area contributed by atoms with Gasteiger partial charge >= 0.3 is 0 Å². The summed E-state index contributed by atoms with van der Waals surface area (Å²) >= 11 is 0. The summed E-state index contributed by atoms with van der Waals surface area (Å²) in [7, 11) is 0. The van der Waals surface area contributed by atoms with Crippen molar-refractivity contribution in [2.75, 3.05) is 6.61 Å². The van der Waals surface area contributed by atoms with Gasteiger partial charge in [0.05, 0.1) is 6.61 Å². The quantitative estimate of drug-likeness (QED) is 0.667. The minimum absolute atomic E-state index is 0.222. The third-order valence-corrected chi connectivity index (χ3v) is 2.98. The van der Waals surface area contributed by atoms with E-state index in [9.17, 15) is 4.39 Å². The number of hydrogen-bond acceptors (Lipinski definition) is 1. The van der Waals surface area contributed by atoms with Crippen LogP contribution >= 0.6 is 0 Å². The zero-order valence-corrected chi connectivity index (χ0v) is 8.64. The molecule has 14 heavy (non-hydrogen) atoms. The van der Waals surface area contributed by atoms with Crippen molar-refractivity contribution in [2.24, 2.45) is 5.92 Å². The summed E-state index contributed by atoms with van der Waals surface area (Å²) in [4.78, 5) is 0. The third kappa shape index (κ3) is 1.49. The Morgan fingerprint density at radius 3 is 3.00 bits per heavy atom. The molecule has 1 heterocycles. The lowest BCUT2D eigenvalue weighted by Crippen LogP contribution is -2.21. The first-order valence-electron chi connectivity index (χ1n) is 5.13. The van der Waals surface area contributed by atoms with Crippen LogP contribution in [-0.2, 0) is 6.42 Å². The highest BCUT2D eigenvalue weighted by atomic mass is 19.1. The van der Waals surface area contributed by atoms with E-state index in [4.69, 9.17) is 4.74 Å². The van der Waals surface area contributed by atoms with Crippen molar-refractivity contribution in [3.8, 4) is 5.75 Å². The molecule has 1 atom stereocenters. The van der Waals surface area contributed by atoms with E-state index in [1.165, 1.54) is 6.07 Å². The first kappa shape index (κ1) is 9.50. The van der Waals surface area contributed by atoms with Crippen LogP contribution in [0, 0.1) is 18.7 Å². The van der Waals surface area contributed by atoms with Gasteiger partial charge in [0.25, 0.3) is 0 Å². The van der Waals surface area contributed by atoms with Crippen molar-refractivity contribution in [2.45, 2.75) is 26.7 Å². The van der Waals surface area contributed by atoms with Crippen LogP contribution in [0.15, 0.2) is 12.1 Å². The molecule has 0 bridgehead atoms. The molecular formula is C12H15FO. The summed E-state index contributed by atoms with van der Waals surface area (Å²) in [5.74, 6) is 0.804. The maximum Gasteiger partial charge on any atom is 0.165 e. The van der Waals surface area contributed by atoms with Gasteiger partial charge in [-0.25, -0.2) is 4.39 Å². The molecule has 0 amide bonds. The number of aryl methyl sites for hydroxylation is 1. The fraction of sp³-hybridized carbons (Fsp3) is 0.500. The summed E-state index contributed by atoms with van der Waals surface area (Å²) in [5.41, 5.74) is 2.20. The monoisotopic (exact) mass is 194 g/mol. The molecule has 0 N–H and O–H groups in total. The molecule has 0 aromatic heterocycles. The zero-order valence-electron chi connectivity index (χ0n) is 8.64. The van der Waals surface area contributed by atoms with Gasteiger partial charge in [0, 0.05) is 5.56 Å². The van der Waals surface area contributed by atoms with Crippen LogP contribution in [0.4, 0.5) is 4.39 Å². The Bertz CT molecular complexity index is 346. The van der Waals surface area contributed by atoms with Crippen LogP contribution in [0.1, 0.15) is 24.5 Å². The molecule has 0 spiro atoms. The summed E-state index contributed by atoms with van der Waals surface area (Å²) in [5, 5.41) is 0. The Balaban J connectivity index is 2.40. The number of fused-ring (bicyclic) bond motifs is 1. The molecule has 0 radical (unpaired) electrons. The van der Waals surface area contributed by atoms with Crippen LogP contribution in [0.25, 0.3) is 0 Å². The fourth-order valence-electron chi connectivity index (χ4n) is 1.92. The van der Waals surface area contributed by atoms with E-state index in [0.717, 1.165) is 24.0 Å². The molecule has 1 aliphatic heterocycles. The van der Waals surface area contributed by atoms with Crippen LogP contribution in [-0.4, -0.2) is 6.61 Å². The van der Waals surface area contributed by atoms with Gasteiger partial charge in [0.2, 0.25) is 0 Å². The molecule has 1 aliphatic rings. The number of ether oxygens (including phenoxy) is 1. The molecule has 2 rings (SSSR count). The predicted octanol–water partition coefficient (Wildman–Crippen LogP) is 3.10. The summed E-state index contributed by atoms with van der Waals surface area (Å²) in [6, 6.07) is 3.32. The van der Waals surface area contributed by atoms with E-state index in [-0.39, 0.29) is 5.82 Å². The first-order chi connectivity index (χ1) is 6.72. The van der Waals surface area contributed by atoms with E-state index in [1.54, 1.807) is 0 Å².